The van der Waals surface area contributed by atoms with E-state index >= 15 is 0 Å². The summed E-state index contributed by atoms with van der Waals surface area (Å²) in [4.78, 5) is 25.2. The molecule has 1 aromatic rings. The lowest BCUT2D eigenvalue weighted by molar-refractivity contribution is -0.132. The van der Waals surface area contributed by atoms with E-state index in [-0.39, 0.29) is 24.0 Å². The van der Waals surface area contributed by atoms with Crippen LogP contribution in [-0.4, -0.2) is 42.5 Å². The molecule has 1 saturated carbocycles. The lowest BCUT2D eigenvalue weighted by Gasteiger charge is -2.37. The highest BCUT2D eigenvalue weighted by Gasteiger charge is 2.32. The molecule has 1 aromatic carbocycles. The average Bonchev–Trinajstić information content (AvgIpc) is 2.46. The first-order chi connectivity index (χ1) is 11.0. The van der Waals surface area contributed by atoms with Crippen molar-refractivity contribution in [3.05, 3.63) is 34.9 Å². The summed E-state index contributed by atoms with van der Waals surface area (Å²) >= 11 is 6.01. The Morgan fingerprint density at radius 1 is 1.26 bits per heavy atom. The summed E-state index contributed by atoms with van der Waals surface area (Å²) in [6, 6.07) is 8.04. The molecule has 3 rings (SSSR count). The van der Waals surface area contributed by atoms with Crippen molar-refractivity contribution in [2.75, 3.05) is 13.6 Å². The average molecular weight is 336 g/mol. The number of carbonyl (C=O) groups excluding carboxylic acids is 2. The van der Waals surface area contributed by atoms with Crippen LogP contribution < -0.4 is 10.6 Å². The minimum absolute atomic E-state index is 0.0431. The van der Waals surface area contributed by atoms with Crippen molar-refractivity contribution in [2.45, 2.75) is 43.7 Å². The van der Waals surface area contributed by atoms with Crippen LogP contribution in [0.5, 0.6) is 0 Å². The number of hydrogen-bond acceptors (Lipinski definition) is 2. The lowest BCUT2D eigenvalue weighted by atomic mass is 9.76. The molecule has 0 spiro atoms. The van der Waals surface area contributed by atoms with E-state index in [4.69, 9.17) is 11.6 Å². The smallest absolute Gasteiger partial charge is 0.315 e. The van der Waals surface area contributed by atoms with Crippen LogP contribution in [0.3, 0.4) is 0 Å². The zero-order valence-corrected chi connectivity index (χ0v) is 14.0. The normalized spacial score (nSPS) is 27.3. The molecule has 0 unspecified atom stereocenters. The molecule has 0 radical (unpaired) electrons. The second kappa shape index (κ2) is 6.79. The van der Waals surface area contributed by atoms with E-state index in [0.717, 1.165) is 17.9 Å². The number of likely N-dealkylation sites (tertiary alicyclic amines) is 1. The van der Waals surface area contributed by atoms with Crippen molar-refractivity contribution < 1.29 is 9.59 Å². The monoisotopic (exact) mass is 335 g/mol. The summed E-state index contributed by atoms with van der Waals surface area (Å²) < 4.78 is 0. The third kappa shape index (κ3) is 3.96. The fraction of sp³-hybridized carbons (Fsp3) is 0.529. The van der Waals surface area contributed by atoms with Crippen LogP contribution in [0.1, 0.15) is 37.2 Å². The van der Waals surface area contributed by atoms with Crippen LogP contribution in [-0.2, 0) is 4.79 Å². The summed E-state index contributed by atoms with van der Waals surface area (Å²) in [5.41, 5.74) is 1.24. The second-order valence-electron chi connectivity index (χ2n) is 6.55. The van der Waals surface area contributed by atoms with Gasteiger partial charge in [0.1, 0.15) is 0 Å². The van der Waals surface area contributed by atoms with Crippen molar-refractivity contribution in [3.8, 4) is 0 Å². The highest BCUT2D eigenvalue weighted by Crippen LogP contribution is 2.37. The van der Waals surface area contributed by atoms with Crippen molar-refractivity contribution in [1.82, 2.24) is 15.5 Å². The van der Waals surface area contributed by atoms with E-state index in [1.165, 1.54) is 5.56 Å². The van der Waals surface area contributed by atoms with Crippen LogP contribution in [0.15, 0.2) is 24.3 Å². The number of amides is 3. The number of hydrogen-bond donors (Lipinski definition) is 2. The van der Waals surface area contributed by atoms with Gasteiger partial charge in [-0.05, 0) is 42.9 Å². The van der Waals surface area contributed by atoms with Crippen LogP contribution >= 0.6 is 11.6 Å². The maximum absolute atomic E-state index is 12.1. The Hall–Kier alpha value is -1.75. The number of nitrogens with zero attached hydrogens (tertiary/aromatic N) is 1. The van der Waals surface area contributed by atoms with E-state index in [1.807, 2.05) is 18.2 Å². The zero-order valence-electron chi connectivity index (χ0n) is 13.2. The predicted octanol–water partition coefficient (Wildman–Crippen LogP) is 2.51. The number of carbonyl (C=O) groups is 2. The van der Waals surface area contributed by atoms with Gasteiger partial charge >= 0.3 is 6.03 Å². The Balaban J connectivity index is 1.41. The molecule has 5 nitrogen and oxygen atoms in total. The molecule has 3 amide bonds. The molecule has 1 aliphatic heterocycles. The van der Waals surface area contributed by atoms with E-state index in [1.54, 1.807) is 11.9 Å². The Labute approximate surface area is 141 Å². The number of urea groups is 1. The SMILES string of the molecule is CN1C[C@@H](NC(=O)NC2CC(c3cccc(Cl)c3)C2)CCC1=O. The van der Waals surface area contributed by atoms with Crippen LogP contribution in [0.2, 0.25) is 5.02 Å². The molecular weight excluding hydrogens is 314 g/mol. The van der Waals surface area contributed by atoms with Gasteiger partial charge in [-0.2, -0.15) is 0 Å². The molecule has 2 N–H and O–H groups in total. The Kier molecular flexibility index (Phi) is 4.76. The van der Waals surface area contributed by atoms with E-state index in [0.29, 0.717) is 25.3 Å². The Morgan fingerprint density at radius 3 is 2.70 bits per heavy atom. The summed E-state index contributed by atoms with van der Waals surface area (Å²) in [7, 11) is 1.77. The number of nitrogens with one attached hydrogen (secondary N) is 2. The first-order valence-electron chi connectivity index (χ1n) is 8.07. The molecule has 1 saturated heterocycles. The van der Waals surface area contributed by atoms with Gasteiger partial charge in [0, 0.05) is 37.1 Å². The summed E-state index contributed by atoms with van der Waals surface area (Å²) in [6.07, 6.45) is 3.10. The molecule has 2 fully saturated rings. The molecule has 23 heavy (non-hydrogen) atoms. The third-order valence-corrected chi connectivity index (χ3v) is 4.99. The molecule has 6 heteroatoms. The van der Waals surface area contributed by atoms with Gasteiger partial charge in [0.2, 0.25) is 5.91 Å². The number of halogens is 1. The Morgan fingerprint density at radius 2 is 2.00 bits per heavy atom. The molecular formula is C17H22ClN3O2. The summed E-state index contributed by atoms with van der Waals surface area (Å²) in [5.74, 6) is 0.615. The topological polar surface area (TPSA) is 61.4 Å². The minimum atomic E-state index is -0.132. The summed E-state index contributed by atoms with van der Waals surface area (Å²) in [5, 5.41) is 6.74. The van der Waals surface area contributed by atoms with Crippen molar-refractivity contribution in [2.24, 2.45) is 0 Å². The van der Waals surface area contributed by atoms with Gasteiger partial charge in [-0.1, -0.05) is 23.7 Å². The van der Waals surface area contributed by atoms with Gasteiger partial charge in [0.05, 0.1) is 0 Å². The molecule has 2 aliphatic rings. The number of likely N-dealkylation sites (N-methyl/N-ethyl adjacent to an activating group) is 1. The predicted molar refractivity (Wildman–Crippen MR) is 89.5 cm³/mol. The highest BCUT2D eigenvalue weighted by atomic mass is 35.5. The van der Waals surface area contributed by atoms with Crippen molar-refractivity contribution >= 4 is 23.5 Å². The number of piperidine rings is 1. The van der Waals surface area contributed by atoms with E-state index < -0.39 is 0 Å². The molecule has 1 atom stereocenters. The second-order valence-corrected chi connectivity index (χ2v) is 6.98. The first kappa shape index (κ1) is 16.1. The Bertz CT molecular complexity index is 601. The molecule has 1 heterocycles. The van der Waals surface area contributed by atoms with E-state index in [2.05, 4.69) is 16.7 Å². The molecule has 0 bridgehead atoms. The van der Waals surface area contributed by atoms with Gasteiger partial charge in [0.15, 0.2) is 0 Å². The number of rotatable bonds is 3. The van der Waals surface area contributed by atoms with Crippen LogP contribution in [0.4, 0.5) is 4.79 Å². The van der Waals surface area contributed by atoms with Gasteiger partial charge in [-0.3, -0.25) is 4.79 Å². The largest absolute Gasteiger partial charge is 0.344 e. The van der Waals surface area contributed by atoms with E-state index in [9.17, 15) is 9.59 Å². The fourth-order valence-electron chi connectivity index (χ4n) is 3.31. The molecule has 124 valence electrons. The van der Waals surface area contributed by atoms with Gasteiger partial charge in [-0.25, -0.2) is 4.79 Å². The first-order valence-corrected chi connectivity index (χ1v) is 8.45. The van der Waals surface area contributed by atoms with Crippen LogP contribution in [0, 0.1) is 0 Å². The molecule has 1 aliphatic carbocycles. The standard InChI is InChI=1S/C17H22ClN3O2/c1-21-10-14(5-6-16(21)22)19-17(23)20-15-8-12(9-15)11-3-2-4-13(18)7-11/h2-4,7,12,14-15H,5-6,8-10H2,1H3,(H2,19,20,23)/t12?,14-,15?/m0/s1. The maximum Gasteiger partial charge on any atom is 0.315 e. The van der Waals surface area contributed by atoms with Gasteiger partial charge < -0.3 is 15.5 Å². The van der Waals surface area contributed by atoms with Gasteiger partial charge in [-0.15, -0.1) is 0 Å². The third-order valence-electron chi connectivity index (χ3n) is 4.76. The molecule has 0 aromatic heterocycles. The number of benzene rings is 1. The van der Waals surface area contributed by atoms with Gasteiger partial charge in [0.25, 0.3) is 0 Å². The maximum atomic E-state index is 12.1. The quantitative estimate of drug-likeness (QED) is 0.891. The van der Waals surface area contributed by atoms with Crippen LogP contribution in [0.25, 0.3) is 0 Å². The fourth-order valence-corrected chi connectivity index (χ4v) is 3.51. The summed E-state index contributed by atoms with van der Waals surface area (Å²) in [6.45, 7) is 0.585. The zero-order chi connectivity index (χ0) is 16.4. The lowest BCUT2D eigenvalue weighted by Crippen LogP contribution is -2.54. The minimum Gasteiger partial charge on any atom is -0.344 e. The van der Waals surface area contributed by atoms with Crippen molar-refractivity contribution in [1.29, 1.82) is 0 Å². The highest BCUT2D eigenvalue weighted by molar-refractivity contribution is 6.30. The van der Waals surface area contributed by atoms with Crippen molar-refractivity contribution in [3.63, 3.8) is 0 Å².